The van der Waals surface area contributed by atoms with Crippen molar-refractivity contribution in [2.45, 2.75) is 0 Å². The van der Waals surface area contributed by atoms with Crippen LogP contribution in [0.1, 0.15) is 10.5 Å². The molecule has 0 spiro atoms. The fourth-order valence-electron chi connectivity index (χ4n) is 1.69. The van der Waals surface area contributed by atoms with Crippen molar-refractivity contribution in [2.75, 3.05) is 19.5 Å². The maximum Gasteiger partial charge on any atom is 0.272 e. The predicted molar refractivity (Wildman–Crippen MR) is 74.6 cm³/mol. The van der Waals surface area contributed by atoms with E-state index >= 15 is 0 Å². The predicted octanol–water partition coefficient (Wildman–Crippen LogP) is 1.64. The number of benzene rings is 1. The van der Waals surface area contributed by atoms with Crippen molar-refractivity contribution in [3.63, 3.8) is 0 Å². The number of anilines is 1. The summed E-state index contributed by atoms with van der Waals surface area (Å²) < 4.78 is 10.3. The Morgan fingerprint density at radius 2 is 1.85 bits per heavy atom. The SMILES string of the molecule is COc1ccc(NC(=O)c2cccc(=O)[nH]2)cc1OC. The number of carbonyl (C=O) groups is 1. The molecule has 0 aliphatic carbocycles. The first kappa shape index (κ1) is 13.7. The second kappa shape index (κ2) is 5.92. The molecule has 2 rings (SSSR count). The van der Waals surface area contributed by atoms with Gasteiger partial charge in [0.25, 0.3) is 5.91 Å². The molecule has 0 saturated carbocycles. The van der Waals surface area contributed by atoms with Crippen LogP contribution in [-0.2, 0) is 0 Å². The molecule has 2 N–H and O–H groups in total. The molecule has 6 heteroatoms. The van der Waals surface area contributed by atoms with E-state index in [0.29, 0.717) is 17.2 Å². The van der Waals surface area contributed by atoms with Gasteiger partial charge in [0, 0.05) is 17.8 Å². The van der Waals surface area contributed by atoms with Crippen LogP contribution in [-0.4, -0.2) is 25.1 Å². The van der Waals surface area contributed by atoms with Crippen LogP contribution in [0.25, 0.3) is 0 Å². The highest BCUT2D eigenvalue weighted by atomic mass is 16.5. The summed E-state index contributed by atoms with van der Waals surface area (Å²) in [6.45, 7) is 0. The number of methoxy groups -OCH3 is 2. The summed E-state index contributed by atoms with van der Waals surface area (Å²) in [7, 11) is 3.04. The van der Waals surface area contributed by atoms with Crippen LogP contribution in [0.15, 0.2) is 41.2 Å². The molecule has 0 unspecified atom stereocenters. The molecule has 20 heavy (non-hydrogen) atoms. The summed E-state index contributed by atoms with van der Waals surface area (Å²) >= 11 is 0. The fraction of sp³-hybridized carbons (Fsp3) is 0.143. The molecule has 1 aromatic carbocycles. The zero-order chi connectivity index (χ0) is 14.5. The molecule has 0 radical (unpaired) electrons. The Kier molecular flexibility index (Phi) is 4.05. The van der Waals surface area contributed by atoms with E-state index in [1.54, 1.807) is 18.2 Å². The number of hydrogen-bond acceptors (Lipinski definition) is 4. The van der Waals surface area contributed by atoms with Gasteiger partial charge in [-0.25, -0.2) is 0 Å². The van der Waals surface area contributed by atoms with Gasteiger partial charge in [0.2, 0.25) is 5.56 Å². The van der Waals surface area contributed by atoms with E-state index in [2.05, 4.69) is 10.3 Å². The van der Waals surface area contributed by atoms with Crippen LogP contribution in [0.5, 0.6) is 11.5 Å². The maximum atomic E-state index is 12.0. The van der Waals surface area contributed by atoms with E-state index < -0.39 is 5.91 Å². The normalized spacial score (nSPS) is 9.90. The lowest BCUT2D eigenvalue weighted by molar-refractivity contribution is 0.102. The highest BCUT2D eigenvalue weighted by molar-refractivity contribution is 6.02. The number of H-pyrrole nitrogens is 1. The largest absolute Gasteiger partial charge is 0.493 e. The van der Waals surface area contributed by atoms with Crippen molar-refractivity contribution in [1.82, 2.24) is 4.98 Å². The minimum Gasteiger partial charge on any atom is -0.493 e. The average Bonchev–Trinajstić information content (AvgIpc) is 2.47. The molecule has 2 aromatic rings. The Morgan fingerprint density at radius 1 is 1.10 bits per heavy atom. The Balaban J connectivity index is 2.22. The van der Waals surface area contributed by atoms with E-state index in [1.807, 2.05) is 0 Å². The molecule has 0 aliphatic heterocycles. The molecule has 0 saturated heterocycles. The molecule has 0 aliphatic rings. The Labute approximate surface area is 115 Å². The van der Waals surface area contributed by atoms with Crippen molar-refractivity contribution in [2.24, 2.45) is 0 Å². The van der Waals surface area contributed by atoms with Gasteiger partial charge < -0.3 is 19.8 Å². The van der Waals surface area contributed by atoms with Gasteiger partial charge in [-0.15, -0.1) is 0 Å². The van der Waals surface area contributed by atoms with Crippen LogP contribution >= 0.6 is 0 Å². The third-order valence-electron chi connectivity index (χ3n) is 2.65. The second-order valence-electron chi connectivity index (χ2n) is 3.95. The highest BCUT2D eigenvalue weighted by Gasteiger charge is 2.09. The Morgan fingerprint density at radius 3 is 2.50 bits per heavy atom. The van der Waals surface area contributed by atoms with Crippen LogP contribution in [0.2, 0.25) is 0 Å². The van der Waals surface area contributed by atoms with E-state index in [4.69, 9.17) is 9.47 Å². The van der Waals surface area contributed by atoms with Gasteiger partial charge >= 0.3 is 0 Å². The smallest absolute Gasteiger partial charge is 0.272 e. The summed E-state index contributed by atoms with van der Waals surface area (Å²) in [6.07, 6.45) is 0. The van der Waals surface area contributed by atoms with E-state index in [1.165, 1.54) is 32.4 Å². The minimum atomic E-state index is -0.407. The summed E-state index contributed by atoms with van der Waals surface area (Å²) in [5.74, 6) is 0.667. The lowest BCUT2D eigenvalue weighted by Gasteiger charge is -2.10. The first-order valence-electron chi connectivity index (χ1n) is 5.87. The number of amides is 1. The van der Waals surface area contributed by atoms with Crippen molar-refractivity contribution in [1.29, 1.82) is 0 Å². The van der Waals surface area contributed by atoms with Gasteiger partial charge in [0.1, 0.15) is 5.69 Å². The van der Waals surface area contributed by atoms with Crippen molar-refractivity contribution in [3.05, 3.63) is 52.4 Å². The van der Waals surface area contributed by atoms with Crippen LogP contribution < -0.4 is 20.3 Å². The maximum absolute atomic E-state index is 12.0. The van der Waals surface area contributed by atoms with Gasteiger partial charge in [0.15, 0.2) is 11.5 Å². The number of hydrogen-bond donors (Lipinski definition) is 2. The molecule has 0 atom stereocenters. The number of pyridine rings is 1. The van der Waals surface area contributed by atoms with Crippen molar-refractivity contribution < 1.29 is 14.3 Å². The summed E-state index contributed by atoms with van der Waals surface area (Å²) in [4.78, 5) is 25.6. The standard InChI is InChI=1S/C14H14N2O4/c1-19-11-7-6-9(8-12(11)20-2)15-14(18)10-4-3-5-13(17)16-10/h3-8H,1-2H3,(H,15,18)(H,16,17). The van der Waals surface area contributed by atoms with E-state index in [9.17, 15) is 9.59 Å². The average molecular weight is 274 g/mol. The third kappa shape index (κ3) is 2.97. The monoisotopic (exact) mass is 274 g/mol. The molecule has 1 aromatic heterocycles. The second-order valence-corrected chi connectivity index (χ2v) is 3.95. The number of rotatable bonds is 4. The van der Waals surface area contributed by atoms with E-state index in [0.717, 1.165) is 0 Å². The Hall–Kier alpha value is -2.76. The lowest BCUT2D eigenvalue weighted by Crippen LogP contribution is -2.17. The summed E-state index contributed by atoms with van der Waals surface area (Å²) in [6, 6.07) is 9.38. The molecule has 6 nitrogen and oxygen atoms in total. The summed E-state index contributed by atoms with van der Waals surface area (Å²) in [5.41, 5.74) is 0.398. The summed E-state index contributed by atoms with van der Waals surface area (Å²) in [5, 5.41) is 2.67. The van der Waals surface area contributed by atoms with E-state index in [-0.39, 0.29) is 11.3 Å². The lowest BCUT2D eigenvalue weighted by atomic mass is 10.2. The first-order chi connectivity index (χ1) is 9.63. The zero-order valence-corrected chi connectivity index (χ0v) is 11.1. The molecule has 1 amide bonds. The number of nitrogens with one attached hydrogen (secondary N) is 2. The number of ether oxygens (including phenoxy) is 2. The number of aromatic amines is 1. The van der Waals surface area contributed by atoms with Gasteiger partial charge in [-0.3, -0.25) is 9.59 Å². The fourth-order valence-corrected chi connectivity index (χ4v) is 1.69. The zero-order valence-electron chi connectivity index (χ0n) is 11.1. The quantitative estimate of drug-likeness (QED) is 0.888. The molecule has 104 valence electrons. The van der Waals surface area contributed by atoms with Gasteiger partial charge in [0.05, 0.1) is 14.2 Å². The van der Waals surface area contributed by atoms with Crippen LogP contribution in [0.3, 0.4) is 0 Å². The van der Waals surface area contributed by atoms with Crippen LogP contribution in [0.4, 0.5) is 5.69 Å². The first-order valence-corrected chi connectivity index (χ1v) is 5.87. The molecular formula is C14H14N2O4. The molecule has 1 heterocycles. The van der Waals surface area contributed by atoms with Gasteiger partial charge in [-0.2, -0.15) is 0 Å². The van der Waals surface area contributed by atoms with Crippen molar-refractivity contribution >= 4 is 11.6 Å². The highest BCUT2D eigenvalue weighted by Crippen LogP contribution is 2.29. The minimum absolute atomic E-state index is 0.187. The third-order valence-corrected chi connectivity index (χ3v) is 2.65. The van der Waals surface area contributed by atoms with Gasteiger partial charge in [-0.1, -0.05) is 6.07 Å². The molecular weight excluding hydrogens is 260 g/mol. The topological polar surface area (TPSA) is 80.4 Å². The van der Waals surface area contributed by atoms with Gasteiger partial charge in [-0.05, 0) is 18.2 Å². The number of aromatic nitrogens is 1. The van der Waals surface area contributed by atoms with Crippen molar-refractivity contribution in [3.8, 4) is 11.5 Å². The molecule has 0 bridgehead atoms. The Bertz CT molecular complexity index is 679. The van der Waals surface area contributed by atoms with Crippen LogP contribution in [0, 0.1) is 0 Å². The number of carbonyl (C=O) groups excluding carboxylic acids is 1. The molecule has 0 fully saturated rings.